The number of aromatic carboxylic acids is 1. The van der Waals surface area contributed by atoms with Gasteiger partial charge >= 0.3 is 5.97 Å². The third-order valence-electron chi connectivity index (χ3n) is 3.57. The second-order valence-corrected chi connectivity index (χ2v) is 5.01. The fourth-order valence-corrected chi connectivity index (χ4v) is 2.46. The van der Waals surface area contributed by atoms with Crippen LogP contribution in [0.25, 0.3) is 11.0 Å². The molecule has 0 saturated heterocycles. The van der Waals surface area contributed by atoms with Crippen molar-refractivity contribution >= 4 is 28.9 Å². The molecule has 3 rings (SSSR count). The minimum Gasteiger partial charge on any atom is -0.478 e. The topological polar surface area (TPSA) is 84.2 Å². The van der Waals surface area contributed by atoms with Gasteiger partial charge in [-0.3, -0.25) is 10.1 Å². The SMILES string of the molecule is CCn1c(NC(=O)c2cccc(C(=O)O)c2)nc2ccccc21. The van der Waals surface area contributed by atoms with E-state index in [0.29, 0.717) is 12.5 Å². The van der Waals surface area contributed by atoms with Crippen LogP contribution >= 0.6 is 0 Å². The first kappa shape index (κ1) is 14.8. The first-order valence-electron chi connectivity index (χ1n) is 7.20. The molecule has 6 nitrogen and oxygen atoms in total. The maximum atomic E-state index is 12.4. The number of para-hydroxylation sites is 2. The highest BCUT2D eigenvalue weighted by Gasteiger charge is 2.14. The molecular weight excluding hydrogens is 294 g/mol. The van der Waals surface area contributed by atoms with E-state index < -0.39 is 11.9 Å². The third-order valence-corrected chi connectivity index (χ3v) is 3.57. The summed E-state index contributed by atoms with van der Waals surface area (Å²) in [7, 11) is 0. The summed E-state index contributed by atoms with van der Waals surface area (Å²) in [4.78, 5) is 27.8. The number of nitrogens with zero attached hydrogens (tertiary/aromatic N) is 2. The molecule has 116 valence electrons. The van der Waals surface area contributed by atoms with Gasteiger partial charge in [0.25, 0.3) is 5.91 Å². The largest absolute Gasteiger partial charge is 0.478 e. The maximum absolute atomic E-state index is 12.4. The summed E-state index contributed by atoms with van der Waals surface area (Å²) >= 11 is 0. The van der Waals surface area contributed by atoms with E-state index in [0.717, 1.165) is 11.0 Å². The Hall–Kier alpha value is -3.15. The number of nitrogens with one attached hydrogen (secondary N) is 1. The number of hydrogen-bond donors (Lipinski definition) is 2. The van der Waals surface area contributed by atoms with Gasteiger partial charge < -0.3 is 9.67 Å². The number of benzene rings is 2. The molecular formula is C17H15N3O3. The van der Waals surface area contributed by atoms with Crippen molar-refractivity contribution < 1.29 is 14.7 Å². The van der Waals surface area contributed by atoms with E-state index in [1.807, 2.05) is 35.8 Å². The van der Waals surface area contributed by atoms with Crippen molar-refractivity contribution in [3.05, 3.63) is 59.7 Å². The van der Waals surface area contributed by atoms with Gasteiger partial charge in [-0.1, -0.05) is 18.2 Å². The van der Waals surface area contributed by atoms with Crippen LogP contribution in [-0.2, 0) is 6.54 Å². The van der Waals surface area contributed by atoms with Crippen LogP contribution in [0.1, 0.15) is 27.6 Å². The standard InChI is InChI=1S/C17H15N3O3/c1-2-20-14-9-4-3-8-13(14)18-17(20)19-15(21)11-6-5-7-12(10-11)16(22)23/h3-10H,2H2,1H3,(H,22,23)(H,18,19,21). The maximum Gasteiger partial charge on any atom is 0.335 e. The van der Waals surface area contributed by atoms with E-state index in [-0.39, 0.29) is 11.1 Å². The van der Waals surface area contributed by atoms with Gasteiger partial charge in [-0.15, -0.1) is 0 Å². The normalized spacial score (nSPS) is 10.7. The van der Waals surface area contributed by atoms with Gasteiger partial charge in [0, 0.05) is 12.1 Å². The minimum absolute atomic E-state index is 0.0710. The highest BCUT2D eigenvalue weighted by atomic mass is 16.4. The minimum atomic E-state index is -1.07. The average Bonchev–Trinajstić information content (AvgIpc) is 2.91. The number of anilines is 1. The number of fused-ring (bicyclic) bond motifs is 1. The first-order chi connectivity index (χ1) is 11.1. The summed E-state index contributed by atoms with van der Waals surface area (Å²) in [6, 6.07) is 13.5. The Bertz CT molecular complexity index is 899. The Morgan fingerprint density at radius 2 is 1.87 bits per heavy atom. The molecule has 2 N–H and O–H groups in total. The zero-order chi connectivity index (χ0) is 16.4. The molecule has 0 saturated carbocycles. The molecule has 1 amide bonds. The van der Waals surface area contributed by atoms with E-state index >= 15 is 0 Å². The molecule has 0 radical (unpaired) electrons. The van der Waals surface area contributed by atoms with E-state index in [4.69, 9.17) is 5.11 Å². The van der Waals surface area contributed by atoms with Gasteiger partial charge in [0.1, 0.15) is 0 Å². The van der Waals surface area contributed by atoms with Gasteiger partial charge in [-0.25, -0.2) is 9.78 Å². The van der Waals surface area contributed by atoms with Crippen molar-refractivity contribution in [2.24, 2.45) is 0 Å². The Balaban J connectivity index is 1.94. The van der Waals surface area contributed by atoms with Crippen molar-refractivity contribution in [1.82, 2.24) is 9.55 Å². The van der Waals surface area contributed by atoms with Gasteiger partial charge in [0.2, 0.25) is 5.95 Å². The number of aryl methyl sites for hydroxylation is 1. The number of amides is 1. The number of carboxylic acids is 1. The predicted molar refractivity (Wildman–Crippen MR) is 86.8 cm³/mol. The summed E-state index contributed by atoms with van der Waals surface area (Å²) in [6.07, 6.45) is 0. The molecule has 0 fully saturated rings. The second kappa shape index (κ2) is 5.92. The van der Waals surface area contributed by atoms with Crippen LogP contribution in [-0.4, -0.2) is 26.5 Å². The number of imidazole rings is 1. The molecule has 0 aliphatic rings. The van der Waals surface area contributed by atoms with Crippen molar-refractivity contribution in [2.45, 2.75) is 13.5 Å². The van der Waals surface area contributed by atoms with E-state index in [1.165, 1.54) is 12.1 Å². The summed E-state index contributed by atoms with van der Waals surface area (Å²) < 4.78 is 1.90. The lowest BCUT2D eigenvalue weighted by Gasteiger charge is -2.08. The lowest BCUT2D eigenvalue weighted by molar-refractivity contribution is 0.0697. The highest BCUT2D eigenvalue weighted by Crippen LogP contribution is 2.20. The highest BCUT2D eigenvalue weighted by molar-refractivity contribution is 6.05. The lowest BCUT2D eigenvalue weighted by atomic mass is 10.1. The number of carboxylic acid groups (broad SMARTS) is 1. The molecule has 0 aliphatic carbocycles. The number of carbonyl (C=O) groups is 2. The molecule has 0 atom stereocenters. The van der Waals surface area contributed by atoms with E-state index in [2.05, 4.69) is 10.3 Å². The van der Waals surface area contributed by atoms with Gasteiger partial charge in [0.05, 0.1) is 16.6 Å². The average molecular weight is 309 g/mol. The number of hydrogen-bond acceptors (Lipinski definition) is 3. The molecule has 0 spiro atoms. The molecule has 0 aliphatic heterocycles. The third kappa shape index (κ3) is 2.78. The quantitative estimate of drug-likeness (QED) is 0.776. The summed E-state index contributed by atoms with van der Waals surface area (Å²) in [6.45, 7) is 2.63. The molecule has 1 aromatic heterocycles. The van der Waals surface area contributed by atoms with Crippen LogP contribution in [0.4, 0.5) is 5.95 Å². The number of aromatic nitrogens is 2. The molecule has 0 bridgehead atoms. The summed E-state index contributed by atoms with van der Waals surface area (Å²) in [5.41, 5.74) is 2.08. The molecule has 6 heteroatoms. The Morgan fingerprint density at radius 1 is 1.13 bits per heavy atom. The Morgan fingerprint density at radius 3 is 2.61 bits per heavy atom. The van der Waals surface area contributed by atoms with Crippen LogP contribution in [0.3, 0.4) is 0 Å². The molecule has 1 heterocycles. The van der Waals surface area contributed by atoms with Crippen LogP contribution in [0.2, 0.25) is 0 Å². The van der Waals surface area contributed by atoms with Crippen molar-refractivity contribution in [1.29, 1.82) is 0 Å². The van der Waals surface area contributed by atoms with Crippen LogP contribution in [0, 0.1) is 0 Å². The Labute approximate surface area is 132 Å². The predicted octanol–water partition coefficient (Wildman–Crippen LogP) is 3.01. The molecule has 23 heavy (non-hydrogen) atoms. The summed E-state index contributed by atoms with van der Waals surface area (Å²) in [5, 5.41) is 11.8. The van der Waals surface area contributed by atoms with Crippen molar-refractivity contribution in [2.75, 3.05) is 5.32 Å². The van der Waals surface area contributed by atoms with E-state index in [1.54, 1.807) is 12.1 Å². The van der Waals surface area contributed by atoms with E-state index in [9.17, 15) is 9.59 Å². The van der Waals surface area contributed by atoms with Gasteiger partial charge in [-0.2, -0.15) is 0 Å². The van der Waals surface area contributed by atoms with Crippen LogP contribution < -0.4 is 5.32 Å². The fraction of sp³-hybridized carbons (Fsp3) is 0.118. The first-order valence-corrected chi connectivity index (χ1v) is 7.20. The lowest BCUT2D eigenvalue weighted by Crippen LogP contribution is -2.16. The van der Waals surface area contributed by atoms with Gasteiger partial charge in [-0.05, 0) is 37.3 Å². The molecule has 3 aromatic rings. The Kier molecular flexibility index (Phi) is 3.80. The van der Waals surface area contributed by atoms with Gasteiger partial charge in [0.15, 0.2) is 0 Å². The number of rotatable bonds is 4. The molecule has 2 aromatic carbocycles. The smallest absolute Gasteiger partial charge is 0.335 e. The number of carbonyl (C=O) groups excluding carboxylic acids is 1. The molecule has 0 unspecified atom stereocenters. The monoisotopic (exact) mass is 309 g/mol. The van der Waals surface area contributed by atoms with Crippen LogP contribution in [0.5, 0.6) is 0 Å². The van der Waals surface area contributed by atoms with Crippen molar-refractivity contribution in [3.63, 3.8) is 0 Å². The zero-order valence-corrected chi connectivity index (χ0v) is 12.5. The van der Waals surface area contributed by atoms with Crippen molar-refractivity contribution in [3.8, 4) is 0 Å². The fourth-order valence-electron chi connectivity index (χ4n) is 2.46. The second-order valence-electron chi connectivity index (χ2n) is 5.01. The van der Waals surface area contributed by atoms with Crippen LogP contribution in [0.15, 0.2) is 48.5 Å². The summed E-state index contributed by atoms with van der Waals surface area (Å²) in [5.74, 6) is -1.02. The zero-order valence-electron chi connectivity index (χ0n) is 12.5.